The molecule has 2 rings (SSSR count). The van der Waals surface area contributed by atoms with E-state index in [1.165, 1.54) is 18.4 Å². The highest BCUT2D eigenvalue weighted by atomic mass is 15.0. The van der Waals surface area contributed by atoms with Crippen LogP contribution in [-0.4, -0.2) is 19.1 Å². The van der Waals surface area contributed by atoms with Crippen molar-refractivity contribution in [2.24, 2.45) is 17.6 Å². The van der Waals surface area contributed by atoms with Crippen molar-refractivity contribution in [1.82, 2.24) is 5.32 Å². The zero-order valence-corrected chi connectivity index (χ0v) is 11.6. The number of hydrogen-bond donors (Lipinski definition) is 2. The fraction of sp³-hybridized carbons (Fsp3) is 0.625. The van der Waals surface area contributed by atoms with Gasteiger partial charge in [-0.2, -0.15) is 0 Å². The summed E-state index contributed by atoms with van der Waals surface area (Å²) in [5.41, 5.74) is 7.31. The van der Waals surface area contributed by atoms with E-state index in [0.717, 1.165) is 24.9 Å². The van der Waals surface area contributed by atoms with E-state index in [1.807, 2.05) is 0 Å². The molecule has 0 saturated heterocycles. The SMILES string of the molecule is CC(C)CC(CN)CNC1CC1c1ccccc1. The normalized spacial score (nSPS) is 24.2. The van der Waals surface area contributed by atoms with Gasteiger partial charge in [-0.1, -0.05) is 44.2 Å². The van der Waals surface area contributed by atoms with Crippen LogP contribution in [0.1, 0.15) is 38.2 Å². The molecule has 3 atom stereocenters. The van der Waals surface area contributed by atoms with Crippen molar-refractivity contribution in [3.63, 3.8) is 0 Å². The highest BCUT2D eigenvalue weighted by Gasteiger charge is 2.37. The molecule has 3 N–H and O–H groups in total. The van der Waals surface area contributed by atoms with Crippen LogP contribution < -0.4 is 11.1 Å². The maximum atomic E-state index is 5.83. The van der Waals surface area contributed by atoms with E-state index < -0.39 is 0 Å². The molecule has 1 saturated carbocycles. The van der Waals surface area contributed by atoms with Crippen LogP contribution in [0.25, 0.3) is 0 Å². The quantitative estimate of drug-likeness (QED) is 0.776. The molecule has 1 aliphatic carbocycles. The molecule has 2 nitrogen and oxygen atoms in total. The Balaban J connectivity index is 1.73. The summed E-state index contributed by atoms with van der Waals surface area (Å²) < 4.78 is 0. The molecule has 18 heavy (non-hydrogen) atoms. The molecule has 0 heterocycles. The predicted octanol–water partition coefficient (Wildman–Crippen LogP) is 2.75. The average Bonchev–Trinajstić information content (AvgIpc) is 3.14. The van der Waals surface area contributed by atoms with Gasteiger partial charge in [-0.3, -0.25) is 0 Å². The molecule has 0 aromatic heterocycles. The van der Waals surface area contributed by atoms with Gasteiger partial charge in [-0.05, 0) is 43.3 Å². The summed E-state index contributed by atoms with van der Waals surface area (Å²) in [6.45, 7) is 6.41. The number of hydrogen-bond acceptors (Lipinski definition) is 2. The maximum Gasteiger partial charge on any atom is 0.0143 e. The van der Waals surface area contributed by atoms with Crippen molar-refractivity contribution >= 4 is 0 Å². The van der Waals surface area contributed by atoms with Gasteiger partial charge < -0.3 is 11.1 Å². The fourth-order valence-electron chi connectivity index (χ4n) is 2.74. The molecule has 1 fully saturated rings. The van der Waals surface area contributed by atoms with Gasteiger partial charge in [-0.15, -0.1) is 0 Å². The van der Waals surface area contributed by atoms with Crippen molar-refractivity contribution in [3.8, 4) is 0 Å². The van der Waals surface area contributed by atoms with Crippen LogP contribution in [0.5, 0.6) is 0 Å². The van der Waals surface area contributed by atoms with Gasteiger partial charge in [0.15, 0.2) is 0 Å². The lowest BCUT2D eigenvalue weighted by Gasteiger charge is -2.17. The number of nitrogens with one attached hydrogen (secondary N) is 1. The Labute approximate surface area is 111 Å². The van der Waals surface area contributed by atoms with Crippen LogP contribution in [0.15, 0.2) is 30.3 Å². The monoisotopic (exact) mass is 246 g/mol. The third-order valence-electron chi connectivity index (χ3n) is 3.82. The lowest BCUT2D eigenvalue weighted by atomic mass is 9.97. The molecule has 0 spiro atoms. The highest BCUT2D eigenvalue weighted by Crippen LogP contribution is 2.40. The number of rotatable bonds is 7. The van der Waals surface area contributed by atoms with Gasteiger partial charge in [0.05, 0.1) is 0 Å². The van der Waals surface area contributed by atoms with Gasteiger partial charge in [-0.25, -0.2) is 0 Å². The first-order chi connectivity index (χ1) is 8.70. The summed E-state index contributed by atoms with van der Waals surface area (Å²) in [5, 5.41) is 3.68. The zero-order chi connectivity index (χ0) is 13.0. The second-order valence-corrected chi connectivity index (χ2v) is 6.00. The zero-order valence-electron chi connectivity index (χ0n) is 11.6. The molecule has 1 aromatic rings. The summed E-state index contributed by atoms with van der Waals surface area (Å²) in [6, 6.07) is 11.5. The first kappa shape index (κ1) is 13.6. The van der Waals surface area contributed by atoms with Gasteiger partial charge >= 0.3 is 0 Å². The molecule has 0 aliphatic heterocycles. The van der Waals surface area contributed by atoms with Crippen LogP contribution >= 0.6 is 0 Å². The van der Waals surface area contributed by atoms with Gasteiger partial charge in [0.2, 0.25) is 0 Å². The third kappa shape index (κ3) is 3.82. The molecule has 0 bridgehead atoms. The smallest absolute Gasteiger partial charge is 0.0143 e. The summed E-state index contributed by atoms with van der Waals surface area (Å²) in [5.74, 6) is 2.09. The number of benzene rings is 1. The molecule has 2 heteroatoms. The fourth-order valence-corrected chi connectivity index (χ4v) is 2.74. The van der Waals surface area contributed by atoms with Gasteiger partial charge in [0.25, 0.3) is 0 Å². The van der Waals surface area contributed by atoms with Gasteiger partial charge in [0, 0.05) is 12.0 Å². The summed E-state index contributed by atoms with van der Waals surface area (Å²) in [4.78, 5) is 0. The Hall–Kier alpha value is -0.860. The minimum Gasteiger partial charge on any atom is -0.330 e. The van der Waals surface area contributed by atoms with Gasteiger partial charge in [0.1, 0.15) is 0 Å². The topological polar surface area (TPSA) is 38.0 Å². The largest absolute Gasteiger partial charge is 0.330 e. The lowest BCUT2D eigenvalue weighted by Crippen LogP contribution is -2.31. The molecular formula is C16H26N2. The van der Waals surface area contributed by atoms with Crippen molar-refractivity contribution < 1.29 is 0 Å². The van der Waals surface area contributed by atoms with Crippen molar-refractivity contribution in [1.29, 1.82) is 0 Å². The standard InChI is InChI=1S/C16H26N2/c1-12(2)8-13(10-17)11-18-16-9-15(16)14-6-4-3-5-7-14/h3-7,12-13,15-16,18H,8-11,17H2,1-2H3. The maximum absolute atomic E-state index is 5.83. The summed E-state index contributed by atoms with van der Waals surface area (Å²) in [7, 11) is 0. The van der Waals surface area contributed by atoms with E-state index in [4.69, 9.17) is 5.73 Å². The Morgan fingerprint density at radius 3 is 2.61 bits per heavy atom. The Kier molecular flexibility index (Phi) is 4.79. The predicted molar refractivity (Wildman–Crippen MR) is 77.6 cm³/mol. The first-order valence-electron chi connectivity index (χ1n) is 7.19. The van der Waals surface area contributed by atoms with Crippen LogP contribution in [-0.2, 0) is 0 Å². The first-order valence-corrected chi connectivity index (χ1v) is 7.19. The van der Waals surface area contributed by atoms with Crippen molar-refractivity contribution in [2.45, 2.75) is 38.6 Å². The van der Waals surface area contributed by atoms with E-state index in [2.05, 4.69) is 49.5 Å². The van der Waals surface area contributed by atoms with Crippen molar-refractivity contribution in [2.75, 3.05) is 13.1 Å². The van der Waals surface area contributed by atoms with E-state index in [1.54, 1.807) is 0 Å². The minimum atomic E-state index is 0.627. The van der Waals surface area contributed by atoms with Crippen LogP contribution in [0.4, 0.5) is 0 Å². The van der Waals surface area contributed by atoms with Crippen LogP contribution in [0.2, 0.25) is 0 Å². The molecule has 1 aromatic carbocycles. The number of nitrogens with two attached hydrogens (primary N) is 1. The average molecular weight is 246 g/mol. The summed E-state index contributed by atoms with van der Waals surface area (Å²) in [6.07, 6.45) is 2.51. The van der Waals surface area contributed by atoms with Crippen molar-refractivity contribution in [3.05, 3.63) is 35.9 Å². The molecule has 100 valence electrons. The summed E-state index contributed by atoms with van der Waals surface area (Å²) >= 11 is 0. The highest BCUT2D eigenvalue weighted by molar-refractivity contribution is 5.27. The van der Waals surface area contributed by atoms with Crippen LogP contribution in [0.3, 0.4) is 0 Å². The van der Waals surface area contributed by atoms with Crippen LogP contribution in [0, 0.1) is 11.8 Å². The second-order valence-electron chi connectivity index (χ2n) is 6.00. The molecule has 1 aliphatic rings. The molecular weight excluding hydrogens is 220 g/mol. The van der Waals surface area contributed by atoms with E-state index in [9.17, 15) is 0 Å². The molecule has 0 radical (unpaired) electrons. The van der Waals surface area contributed by atoms with E-state index in [0.29, 0.717) is 12.0 Å². The molecule has 0 amide bonds. The Morgan fingerprint density at radius 2 is 2.00 bits per heavy atom. The minimum absolute atomic E-state index is 0.627. The third-order valence-corrected chi connectivity index (χ3v) is 3.82. The van der Waals surface area contributed by atoms with E-state index >= 15 is 0 Å². The second kappa shape index (κ2) is 6.35. The lowest BCUT2D eigenvalue weighted by molar-refractivity contribution is 0.392. The Morgan fingerprint density at radius 1 is 1.28 bits per heavy atom. The Bertz CT molecular complexity index is 347. The molecule has 3 unspecified atom stereocenters. The van der Waals surface area contributed by atoms with E-state index in [-0.39, 0.29) is 0 Å².